The van der Waals surface area contributed by atoms with E-state index in [9.17, 15) is 4.79 Å². The van der Waals surface area contributed by atoms with Gasteiger partial charge in [0.25, 0.3) is 0 Å². The van der Waals surface area contributed by atoms with E-state index in [1.807, 2.05) is 26.1 Å². The first-order valence-electron chi connectivity index (χ1n) is 6.84. The van der Waals surface area contributed by atoms with E-state index in [1.165, 1.54) is 19.3 Å². The van der Waals surface area contributed by atoms with Gasteiger partial charge in [-0.05, 0) is 38.0 Å². The molecule has 19 heavy (non-hydrogen) atoms. The molecule has 100 valence electrons. The van der Waals surface area contributed by atoms with Crippen LogP contribution >= 0.6 is 0 Å². The first-order chi connectivity index (χ1) is 9.20. The van der Waals surface area contributed by atoms with Crippen LogP contribution in [0.2, 0.25) is 0 Å². The van der Waals surface area contributed by atoms with Crippen molar-refractivity contribution in [3.8, 4) is 0 Å². The van der Waals surface area contributed by atoms with Crippen LogP contribution < -0.4 is 0 Å². The molecule has 0 atom stereocenters. The number of aromatic nitrogens is 2. The first-order valence-corrected chi connectivity index (χ1v) is 6.84. The molecule has 3 rings (SSSR count). The molecule has 0 saturated heterocycles. The van der Waals surface area contributed by atoms with Crippen LogP contribution in [0, 0.1) is 0 Å². The summed E-state index contributed by atoms with van der Waals surface area (Å²) in [6, 6.07) is 5.57. The van der Waals surface area contributed by atoms with E-state index < -0.39 is 0 Å². The zero-order chi connectivity index (χ0) is 13.4. The van der Waals surface area contributed by atoms with Crippen LogP contribution in [0.5, 0.6) is 0 Å². The fourth-order valence-electron chi connectivity index (χ4n) is 2.58. The quantitative estimate of drug-likeness (QED) is 0.795. The van der Waals surface area contributed by atoms with E-state index in [-0.39, 0.29) is 5.97 Å². The molecule has 0 aliphatic heterocycles. The highest BCUT2D eigenvalue weighted by Crippen LogP contribution is 2.36. The van der Waals surface area contributed by atoms with Gasteiger partial charge in [-0.3, -0.25) is 0 Å². The largest absolute Gasteiger partial charge is 0.462 e. The molecule has 1 aliphatic rings. The van der Waals surface area contributed by atoms with Crippen molar-refractivity contribution in [3.05, 3.63) is 29.6 Å². The molecule has 4 heteroatoms. The van der Waals surface area contributed by atoms with Crippen LogP contribution in [-0.4, -0.2) is 22.1 Å². The van der Waals surface area contributed by atoms with E-state index in [2.05, 4.69) is 4.57 Å². The summed E-state index contributed by atoms with van der Waals surface area (Å²) in [5.74, 6) is 1.46. The molecule has 0 unspecified atom stereocenters. The zero-order valence-electron chi connectivity index (χ0n) is 11.3. The SMILES string of the molecule is CCOC(=O)c1ccc2nc(C3CCC3)n(C)c2c1. The highest BCUT2D eigenvalue weighted by molar-refractivity contribution is 5.93. The predicted molar refractivity (Wildman–Crippen MR) is 73.3 cm³/mol. The number of nitrogens with zero attached hydrogens (tertiary/aromatic N) is 2. The van der Waals surface area contributed by atoms with Gasteiger partial charge in [0.15, 0.2) is 0 Å². The van der Waals surface area contributed by atoms with E-state index >= 15 is 0 Å². The number of aryl methyl sites for hydroxylation is 1. The highest BCUT2D eigenvalue weighted by Gasteiger charge is 2.24. The number of ether oxygens (including phenoxy) is 1. The summed E-state index contributed by atoms with van der Waals surface area (Å²) in [5, 5.41) is 0. The summed E-state index contributed by atoms with van der Waals surface area (Å²) >= 11 is 0. The maximum Gasteiger partial charge on any atom is 0.338 e. The van der Waals surface area contributed by atoms with Gasteiger partial charge in [0.1, 0.15) is 5.82 Å². The number of carbonyl (C=O) groups excluding carboxylic acids is 1. The Morgan fingerprint density at radius 3 is 2.89 bits per heavy atom. The van der Waals surface area contributed by atoms with Crippen molar-refractivity contribution in [1.82, 2.24) is 9.55 Å². The molecule has 1 heterocycles. The smallest absolute Gasteiger partial charge is 0.338 e. The van der Waals surface area contributed by atoms with Gasteiger partial charge in [0.05, 0.1) is 23.2 Å². The maximum atomic E-state index is 11.8. The van der Waals surface area contributed by atoms with E-state index in [0.29, 0.717) is 18.1 Å². The molecule has 0 radical (unpaired) electrons. The molecular weight excluding hydrogens is 240 g/mol. The van der Waals surface area contributed by atoms with Crippen molar-refractivity contribution in [2.75, 3.05) is 6.61 Å². The Balaban J connectivity index is 2.02. The molecule has 1 fully saturated rings. The fourth-order valence-corrected chi connectivity index (χ4v) is 2.58. The Morgan fingerprint density at radius 2 is 2.26 bits per heavy atom. The van der Waals surface area contributed by atoms with Gasteiger partial charge in [0.2, 0.25) is 0 Å². The summed E-state index contributed by atoms with van der Waals surface area (Å²) < 4.78 is 7.15. The van der Waals surface area contributed by atoms with Gasteiger partial charge in [-0.1, -0.05) is 6.42 Å². The second-order valence-corrected chi connectivity index (χ2v) is 5.08. The second kappa shape index (κ2) is 4.68. The topological polar surface area (TPSA) is 44.1 Å². The minimum Gasteiger partial charge on any atom is -0.462 e. The third-order valence-corrected chi connectivity index (χ3v) is 3.90. The highest BCUT2D eigenvalue weighted by atomic mass is 16.5. The molecule has 0 spiro atoms. The van der Waals surface area contributed by atoms with Crippen LogP contribution in [-0.2, 0) is 11.8 Å². The number of hydrogen-bond acceptors (Lipinski definition) is 3. The zero-order valence-corrected chi connectivity index (χ0v) is 11.3. The van der Waals surface area contributed by atoms with Crippen molar-refractivity contribution in [3.63, 3.8) is 0 Å². The van der Waals surface area contributed by atoms with Crippen molar-refractivity contribution in [2.24, 2.45) is 7.05 Å². The van der Waals surface area contributed by atoms with Gasteiger partial charge in [-0.15, -0.1) is 0 Å². The van der Waals surface area contributed by atoms with Gasteiger partial charge in [-0.25, -0.2) is 9.78 Å². The third kappa shape index (κ3) is 2.01. The molecule has 0 amide bonds. The molecule has 1 saturated carbocycles. The summed E-state index contributed by atoms with van der Waals surface area (Å²) in [7, 11) is 2.03. The van der Waals surface area contributed by atoms with Crippen LogP contribution in [0.15, 0.2) is 18.2 Å². The Bertz CT molecular complexity index is 626. The molecule has 0 bridgehead atoms. The van der Waals surface area contributed by atoms with Gasteiger partial charge >= 0.3 is 5.97 Å². The number of fused-ring (bicyclic) bond motifs is 1. The minimum atomic E-state index is -0.268. The van der Waals surface area contributed by atoms with E-state index in [4.69, 9.17) is 9.72 Å². The summed E-state index contributed by atoms with van der Waals surface area (Å²) in [6.45, 7) is 2.21. The average Bonchev–Trinajstić information content (AvgIpc) is 2.65. The number of imidazole rings is 1. The maximum absolute atomic E-state index is 11.8. The lowest BCUT2D eigenvalue weighted by Gasteiger charge is -2.24. The second-order valence-electron chi connectivity index (χ2n) is 5.08. The Labute approximate surface area is 112 Å². The first kappa shape index (κ1) is 12.2. The molecule has 1 aliphatic carbocycles. The summed E-state index contributed by atoms with van der Waals surface area (Å²) in [4.78, 5) is 16.4. The molecular formula is C15H18N2O2. The molecule has 1 aromatic heterocycles. The molecule has 0 N–H and O–H groups in total. The third-order valence-electron chi connectivity index (χ3n) is 3.90. The Morgan fingerprint density at radius 1 is 1.47 bits per heavy atom. The predicted octanol–water partition coefficient (Wildman–Crippen LogP) is 3.02. The average molecular weight is 258 g/mol. The van der Waals surface area contributed by atoms with Crippen molar-refractivity contribution in [1.29, 1.82) is 0 Å². The Hall–Kier alpha value is -1.84. The van der Waals surface area contributed by atoms with E-state index in [1.54, 1.807) is 6.07 Å². The molecule has 2 aromatic rings. The minimum absolute atomic E-state index is 0.268. The monoisotopic (exact) mass is 258 g/mol. The van der Waals surface area contributed by atoms with Crippen molar-refractivity contribution in [2.45, 2.75) is 32.1 Å². The summed E-state index contributed by atoms with van der Waals surface area (Å²) in [6.07, 6.45) is 3.74. The molecule has 1 aromatic carbocycles. The lowest BCUT2D eigenvalue weighted by atomic mass is 9.85. The lowest BCUT2D eigenvalue weighted by molar-refractivity contribution is 0.0526. The summed E-state index contributed by atoms with van der Waals surface area (Å²) in [5.41, 5.74) is 2.56. The molecule has 4 nitrogen and oxygen atoms in total. The van der Waals surface area contributed by atoms with Crippen LogP contribution in [0.4, 0.5) is 0 Å². The van der Waals surface area contributed by atoms with Gasteiger partial charge in [0, 0.05) is 13.0 Å². The number of esters is 1. The van der Waals surface area contributed by atoms with Crippen LogP contribution in [0.3, 0.4) is 0 Å². The fraction of sp³-hybridized carbons (Fsp3) is 0.467. The van der Waals surface area contributed by atoms with Crippen LogP contribution in [0.1, 0.15) is 48.3 Å². The number of carbonyl (C=O) groups is 1. The number of benzene rings is 1. The van der Waals surface area contributed by atoms with Crippen molar-refractivity contribution < 1.29 is 9.53 Å². The Kier molecular flexibility index (Phi) is 3.01. The van der Waals surface area contributed by atoms with Crippen LogP contribution in [0.25, 0.3) is 11.0 Å². The standard InChI is InChI=1S/C15H18N2O2/c1-3-19-15(18)11-7-8-12-13(9-11)17(2)14(16-12)10-5-4-6-10/h7-10H,3-6H2,1-2H3. The van der Waals surface area contributed by atoms with Crippen molar-refractivity contribution >= 4 is 17.0 Å². The van der Waals surface area contributed by atoms with Gasteiger partial charge in [-0.2, -0.15) is 0 Å². The normalized spacial score (nSPS) is 15.5. The number of rotatable bonds is 3. The number of hydrogen-bond donors (Lipinski definition) is 0. The lowest BCUT2D eigenvalue weighted by Crippen LogP contribution is -2.13. The van der Waals surface area contributed by atoms with Gasteiger partial charge < -0.3 is 9.30 Å². The van der Waals surface area contributed by atoms with E-state index in [0.717, 1.165) is 16.9 Å².